The molecule has 20 heavy (non-hydrogen) atoms. The number of rotatable bonds is 3. The lowest BCUT2D eigenvalue weighted by Crippen LogP contribution is -2.15. The Hall–Kier alpha value is -2.56. The highest BCUT2D eigenvalue weighted by Crippen LogP contribution is 2.30. The Kier molecular flexibility index (Phi) is 3.61. The Labute approximate surface area is 117 Å². The molecule has 0 saturated carbocycles. The van der Waals surface area contributed by atoms with E-state index in [1.54, 1.807) is 32.0 Å². The number of pyridine rings is 1. The summed E-state index contributed by atoms with van der Waals surface area (Å²) in [6.45, 7) is 5.34. The van der Waals surface area contributed by atoms with Crippen molar-refractivity contribution in [3.63, 3.8) is 0 Å². The average Bonchev–Trinajstić information content (AvgIpc) is 2.25. The summed E-state index contributed by atoms with van der Waals surface area (Å²) in [5.41, 5.74) is 7.71. The molecule has 0 fully saturated rings. The van der Waals surface area contributed by atoms with Crippen molar-refractivity contribution < 1.29 is 14.6 Å². The first kappa shape index (κ1) is 13.9. The minimum atomic E-state index is -0.595. The number of benzene rings is 1. The highest BCUT2D eigenvalue weighted by atomic mass is 16.5. The van der Waals surface area contributed by atoms with Gasteiger partial charge in [0.1, 0.15) is 22.8 Å². The fourth-order valence-electron chi connectivity index (χ4n) is 2.09. The lowest BCUT2D eigenvalue weighted by atomic mass is 10.1. The summed E-state index contributed by atoms with van der Waals surface area (Å²) in [7, 11) is 0. The fraction of sp³-hybridized carbons (Fsp3) is 0.200. The summed E-state index contributed by atoms with van der Waals surface area (Å²) in [6.07, 6.45) is 0. The number of aryl methyl sites for hydroxylation is 3. The molecule has 0 aliphatic heterocycles. The molecule has 0 radical (unpaired) electrons. The number of hydrogen-bond donors (Lipinski definition) is 2. The SMILES string of the molecule is Cc1cc(O)cc(Oc2cc(C)nc(C)c2C(N)=O)c1. The molecule has 2 aromatic rings. The van der Waals surface area contributed by atoms with Gasteiger partial charge in [0.05, 0.1) is 5.69 Å². The Balaban J connectivity index is 2.49. The van der Waals surface area contributed by atoms with Gasteiger partial charge < -0.3 is 15.6 Å². The third-order valence-corrected chi connectivity index (χ3v) is 2.80. The molecule has 0 unspecified atom stereocenters. The van der Waals surface area contributed by atoms with Crippen LogP contribution in [0.3, 0.4) is 0 Å². The van der Waals surface area contributed by atoms with Gasteiger partial charge in [-0.2, -0.15) is 0 Å². The van der Waals surface area contributed by atoms with Crippen LogP contribution in [0.4, 0.5) is 0 Å². The van der Waals surface area contributed by atoms with E-state index in [9.17, 15) is 9.90 Å². The molecule has 1 aromatic heterocycles. The highest BCUT2D eigenvalue weighted by Gasteiger charge is 2.16. The van der Waals surface area contributed by atoms with E-state index < -0.39 is 5.91 Å². The second kappa shape index (κ2) is 5.21. The van der Waals surface area contributed by atoms with E-state index in [0.29, 0.717) is 17.2 Å². The topological polar surface area (TPSA) is 85.4 Å². The summed E-state index contributed by atoms with van der Waals surface area (Å²) in [5.74, 6) is 0.285. The minimum Gasteiger partial charge on any atom is -0.508 e. The first-order chi connectivity index (χ1) is 9.36. The maximum Gasteiger partial charge on any atom is 0.254 e. The molecule has 2 rings (SSSR count). The smallest absolute Gasteiger partial charge is 0.254 e. The number of phenols is 1. The van der Waals surface area contributed by atoms with Gasteiger partial charge in [-0.15, -0.1) is 0 Å². The third kappa shape index (κ3) is 2.88. The van der Waals surface area contributed by atoms with Gasteiger partial charge in [0.25, 0.3) is 5.91 Å². The van der Waals surface area contributed by atoms with Crippen molar-refractivity contribution in [3.05, 3.63) is 46.8 Å². The molecule has 0 aliphatic carbocycles. The van der Waals surface area contributed by atoms with Gasteiger partial charge in [0, 0.05) is 17.8 Å². The Morgan fingerprint density at radius 2 is 1.90 bits per heavy atom. The lowest BCUT2D eigenvalue weighted by molar-refractivity contribution is 0.0997. The van der Waals surface area contributed by atoms with Crippen LogP contribution in [0, 0.1) is 20.8 Å². The molecule has 5 heteroatoms. The first-order valence-electron chi connectivity index (χ1n) is 6.13. The van der Waals surface area contributed by atoms with Crippen molar-refractivity contribution in [1.29, 1.82) is 0 Å². The van der Waals surface area contributed by atoms with Crippen LogP contribution < -0.4 is 10.5 Å². The molecule has 0 spiro atoms. The van der Waals surface area contributed by atoms with Crippen LogP contribution >= 0.6 is 0 Å². The number of carbonyl (C=O) groups excluding carboxylic acids is 1. The summed E-state index contributed by atoms with van der Waals surface area (Å²) >= 11 is 0. The molecular weight excluding hydrogens is 256 g/mol. The minimum absolute atomic E-state index is 0.100. The molecule has 1 heterocycles. The van der Waals surface area contributed by atoms with Crippen molar-refractivity contribution in [2.45, 2.75) is 20.8 Å². The van der Waals surface area contributed by atoms with Crippen LogP contribution in [0.25, 0.3) is 0 Å². The van der Waals surface area contributed by atoms with E-state index in [1.165, 1.54) is 6.07 Å². The van der Waals surface area contributed by atoms with E-state index in [1.807, 2.05) is 6.92 Å². The molecule has 0 saturated heterocycles. The summed E-state index contributed by atoms with van der Waals surface area (Å²) in [6, 6.07) is 6.50. The molecule has 0 atom stereocenters. The molecule has 0 aliphatic rings. The number of hydrogen-bond acceptors (Lipinski definition) is 4. The zero-order valence-corrected chi connectivity index (χ0v) is 11.6. The lowest BCUT2D eigenvalue weighted by Gasteiger charge is -2.12. The first-order valence-corrected chi connectivity index (χ1v) is 6.13. The van der Waals surface area contributed by atoms with Crippen molar-refractivity contribution in [2.75, 3.05) is 0 Å². The molecule has 3 N–H and O–H groups in total. The maximum atomic E-state index is 11.5. The highest BCUT2D eigenvalue weighted by molar-refractivity contribution is 5.96. The number of ether oxygens (including phenoxy) is 1. The monoisotopic (exact) mass is 272 g/mol. The molecule has 104 valence electrons. The number of carbonyl (C=O) groups is 1. The van der Waals surface area contributed by atoms with Gasteiger partial charge in [-0.1, -0.05) is 0 Å². The standard InChI is InChI=1S/C15H16N2O3/c1-8-4-11(18)7-12(5-8)20-13-6-9(2)17-10(3)14(13)15(16)19/h4-7,18H,1-3H3,(H2,16,19). The van der Waals surface area contributed by atoms with Crippen molar-refractivity contribution in [3.8, 4) is 17.2 Å². The normalized spacial score (nSPS) is 10.3. The Morgan fingerprint density at radius 1 is 1.20 bits per heavy atom. The molecule has 1 aromatic carbocycles. The quantitative estimate of drug-likeness (QED) is 0.899. The maximum absolute atomic E-state index is 11.5. The predicted molar refractivity (Wildman–Crippen MR) is 75.1 cm³/mol. The molecular formula is C15H16N2O3. The number of amides is 1. The molecule has 0 bridgehead atoms. The second-order valence-corrected chi connectivity index (χ2v) is 4.69. The average molecular weight is 272 g/mol. The number of phenolic OH excluding ortho intramolecular Hbond substituents is 1. The fourth-order valence-corrected chi connectivity index (χ4v) is 2.09. The summed E-state index contributed by atoms with van der Waals surface area (Å²) in [4.78, 5) is 15.7. The largest absolute Gasteiger partial charge is 0.508 e. The van der Waals surface area contributed by atoms with E-state index in [0.717, 1.165) is 11.3 Å². The summed E-state index contributed by atoms with van der Waals surface area (Å²) in [5, 5.41) is 9.58. The molecule has 1 amide bonds. The Morgan fingerprint density at radius 3 is 2.50 bits per heavy atom. The number of aromatic hydroxyl groups is 1. The predicted octanol–water partition coefficient (Wildman–Crippen LogP) is 2.60. The van der Waals surface area contributed by atoms with Gasteiger partial charge >= 0.3 is 0 Å². The van der Waals surface area contributed by atoms with Gasteiger partial charge in [0.2, 0.25) is 0 Å². The Bertz CT molecular complexity index is 661. The van der Waals surface area contributed by atoms with Crippen LogP contribution in [0.5, 0.6) is 17.2 Å². The van der Waals surface area contributed by atoms with E-state index in [-0.39, 0.29) is 11.3 Å². The zero-order valence-electron chi connectivity index (χ0n) is 11.6. The van der Waals surface area contributed by atoms with E-state index >= 15 is 0 Å². The van der Waals surface area contributed by atoms with Crippen LogP contribution in [0.15, 0.2) is 24.3 Å². The van der Waals surface area contributed by atoms with E-state index in [4.69, 9.17) is 10.5 Å². The zero-order chi connectivity index (χ0) is 14.9. The van der Waals surface area contributed by atoms with Gasteiger partial charge in [-0.3, -0.25) is 9.78 Å². The van der Waals surface area contributed by atoms with Crippen molar-refractivity contribution in [2.24, 2.45) is 5.73 Å². The third-order valence-electron chi connectivity index (χ3n) is 2.80. The number of aromatic nitrogens is 1. The van der Waals surface area contributed by atoms with E-state index in [2.05, 4.69) is 4.98 Å². The molecule has 5 nitrogen and oxygen atoms in total. The summed E-state index contributed by atoms with van der Waals surface area (Å²) < 4.78 is 5.69. The number of nitrogens with two attached hydrogens (primary N) is 1. The second-order valence-electron chi connectivity index (χ2n) is 4.69. The van der Waals surface area contributed by atoms with Crippen molar-refractivity contribution in [1.82, 2.24) is 4.98 Å². The number of nitrogens with zero attached hydrogens (tertiary/aromatic N) is 1. The van der Waals surface area contributed by atoms with Crippen LogP contribution in [0.2, 0.25) is 0 Å². The van der Waals surface area contributed by atoms with Gasteiger partial charge in [-0.05, 0) is 38.5 Å². The van der Waals surface area contributed by atoms with Gasteiger partial charge in [0.15, 0.2) is 0 Å². The van der Waals surface area contributed by atoms with Gasteiger partial charge in [-0.25, -0.2) is 0 Å². The van der Waals surface area contributed by atoms with Crippen LogP contribution in [0.1, 0.15) is 27.3 Å². The van der Waals surface area contributed by atoms with Crippen molar-refractivity contribution >= 4 is 5.91 Å². The van der Waals surface area contributed by atoms with Crippen LogP contribution in [-0.4, -0.2) is 16.0 Å². The van der Waals surface area contributed by atoms with Crippen LogP contribution in [-0.2, 0) is 0 Å². The number of primary amides is 1.